The van der Waals surface area contributed by atoms with E-state index in [1.807, 2.05) is 0 Å². The monoisotopic (exact) mass is 518 g/mol. The zero-order valence-corrected chi connectivity index (χ0v) is 24.6. The lowest BCUT2D eigenvalue weighted by molar-refractivity contribution is 0.288. The van der Waals surface area contributed by atoms with E-state index in [0.717, 1.165) is 51.5 Å². The Balaban J connectivity index is 1.69. The van der Waals surface area contributed by atoms with Gasteiger partial charge in [-0.25, -0.2) is 23.8 Å². The minimum atomic E-state index is 0.0272. The summed E-state index contributed by atoms with van der Waals surface area (Å²) < 4.78 is 6.80. The zero-order chi connectivity index (χ0) is 27.6. The molecule has 0 amide bonds. The van der Waals surface area contributed by atoms with Gasteiger partial charge in [-0.05, 0) is 70.1 Å². The number of fused-ring (bicyclic) bond motifs is 12. The Morgan fingerprint density at radius 2 is 1.13 bits per heavy atom. The number of rotatable bonds is 0. The van der Waals surface area contributed by atoms with Crippen molar-refractivity contribution >= 4 is 45.5 Å². The van der Waals surface area contributed by atoms with Crippen LogP contribution in [-0.4, -0.2) is 28.2 Å². The van der Waals surface area contributed by atoms with E-state index in [2.05, 4.69) is 124 Å². The fraction of sp³-hybridized carbons (Fsp3) is 0.424. The maximum atomic E-state index is 5.23. The predicted molar refractivity (Wildman–Crippen MR) is 161 cm³/mol. The Labute approximate surface area is 229 Å². The lowest BCUT2D eigenvalue weighted by atomic mass is 9.76. The summed E-state index contributed by atoms with van der Waals surface area (Å²) in [5.41, 5.74) is 9.13. The third-order valence-electron chi connectivity index (χ3n) is 8.60. The molecule has 6 nitrogen and oxygen atoms in total. The average molecular weight is 519 g/mol. The van der Waals surface area contributed by atoms with Crippen molar-refractivity contribution in [3.05, 3.63) is 65.0 Å². The minimum Gasteiger partial charge on any atom is -0.250 e. The number of benzene rings is 2. The van der Waals surface area contributed by atoms with Crippen LogP contribution < -0.4 is 0 Å². The van der Waals surface area contributed by atoms with Gasteiger partial charge in [0.25, 0.3) is 0 Å². The number of hydrogen-bond acceptors (Lipinski definition) is 3. The highest BCUT2D eigenvalue weighted by atomic mass is 15.3. The topological polar surface area (TPSA) is 51.9 Å². The molecule has 7 rings (SSSR count). The fourth-order valence-electron chi connectivity index (χ4n) is 5.98. The van der Waals surface area contributed by atoms with Gasteiger partial charge >= 0.3 is 0 Å². The lowest BCUT2D eigenvalue weighted by Crippen LogP contribution is -2.23. The molecule has 0 fully saturated rings. The van der Waals surface area contributed by atoms with Crippen molar-refractivity contribution in [3.63, 3.8) is 0 Å². The molecule has 200 valence electrons. The van der Waals surface area contributed by atoms with Crippen molar-refractivity contribution in [2.24, 2.45) is 11.3 Å². The first-order valence-electron chi connectivity index (χ1n) is 14.1. The highest BCUT2D eigenvalue weighted by molar-refractivity contribution is 5.88. The third kappa shape index (κ3) is 3.49. The van der Waals surface area contributed by atoms with Gasteiger partial charge in [-0.2, -0.15) is 0 Å². The van der Waals surface area contributed by atoms with E-state index in [4.69, 9.17) is 15.0 Å². The summed E-state index contributed by atoms with van der Waals surface area (Å²) >= 11 is 0. The Kier molecular flexibility index (Phi) is 4.68. The minimum absolute atomic E-state index is 0.0272. The number of imidazole rings is 3. The van der Waals surface area contributed by atoms with E-state index in [1.165, 1.54) is 16.8 Å². The summed E-state index contributed by atoms with van der Waals surface area (Å²) in [5.74, 6) is 3.03. The summed E-state index contributed by atoms with van der Waals surface area (Å²) in [6.45, 7) is 20.5. The highest BCUT2D eigenvalue weighted by Crippen LogP contribution is 2.37. The normalized spacial score (nSPS) is 16.9. The van der Waals surface area contributed by atoms with Crippen LogP contribution in [0.5, 0.6) is 0 Å². The number of aromatic nitrogens is 6. The van der Waals surface area contributed by atoms with E-state index in [9.17, 15) is 0 Å². The summed E-state index contributed by atoms with van der Waals surface area (Å²) in [6.07, 6.45) is 5.47. The van der Waals surface area contributed by atoms with Crippen molar-refractivity contribution < 1.29 is 0 Å². The average Bonchev–Trinajstić information content (AvgIpc) is 3.51. The van der Waals surface area contributed by atoms with Gasteiger partial charge in [0.2, 0.25) is 17.3 Å². The van der Waals surface area contributed by atoms with Gasteiger partial charge in [-0.15, -0.1) is 0 Å². The standard InChI is InChI=1S/C33H38N6/c1-31(2,3)19-10-13-22-25(16-19)37-28(34-22)38-27-18-21(33(7,8)9)12-15-24(27)36-30(38)39-26-17-20(32(4,5)6)11-14-23(26)35-29(37)39/h10-17,21H,18H2,1-9H3. The van der Waals surface area contributed by atoms with Crippen LogP contribution >= 0.6 is 0 Å². The molecule has 6 heteroatoms. The van der Waals surface area contributed by atoms with Crippen molar-refractivity contribution in [2.45, 2.75) is 79.6 Å². The molecule has 1 atom stereocenters. The molecule has 1 unspecified atom stereocenters. The molecular formula is C33H38N6. The Bertz CT molecular complexity index is 1990. The quantitative estimate of drug-likeness (QED) is 0.206. The van der Waals surface area contributed by atoms with Crippen molar-refractivity contribution in [1.82, 2.24) is 28.2 Å². The van der Waals surface area contributed by atoms with E-state index in [0.29, 0.717) is 5.92 Å². The van der Waals surface area contributed by atoms with Gasteiger partial charge in [-0.1, -0.05) is 80.5 Å². The van der Waals surface area contributed by atoms with Crippen LogP contribution in [0.2, 0.25) is 0 Å². The Hall–Kier alpha value is -3.67. The molecule has 0 spiro atoms. The Morgan fingerprint density at radius 1 is 0.641 bits per heavy atom. The molecule has 4 aromatic heterocycles. The molecule has 0 bridgehead atoms. The van der Waals surface area contributed by atoms with Gasteiger partial charge in [0.15, 0.2) is 0 Å². The largest absolute Gasteiger partial charge is 0.250 e. The molecule has 6 aromatic rings. The summed E-state index contributed by atoms with van der Waals surface area (Å²) in [6, 6.07) is 13.3. The predicted octanol–water partition coefficient (Wildman–Crippen LogP) is 7.76. The van der Waals surface area contributed by atoms with E-state index >= 15 is 0 Å². The van der Waals surface area contributed by atoms with Crippen molar-refractivity contribution in [2.75, 3.05) is 0 Å². The first-order valence-corrected chi connectivity index (χ1v) is 14.1. The number of nitrogens with zero attached hydrogens (tertiary/aromatic N) is 6. The molecule has 2 aromatic carbocycles. The summed E-state index contributed by atoms with van der Waals surface area (Å²) in [4.78, 5) is 15.7. The van der Waals surface area contributed by atoms with Crippen LogP contribution in [0.25, 0.3) is 45.5 Å². The summed E-state index contributed by atoms with van der Waals surface area (Å²) in [5, 5.41) is 0. The van der Waals surface area contributed by atoms with Gasteiger partial charge in [0.05, 0.1) is 33.5 Å². The molecule has 0 saturated heterocycles. The van der Waals surface area contributed by atoms with E-state index in [-0.39, 0.29) is 16.2 Å². The van der Waals surface area contributed by atoms with Crippen LogP contribution in [0, 0.1) is 11.3 Å². The second-order valence-electron chi connectivity index (χ2n) is 14.5. The first kappa shape index (κ1) is 24.4. The van der Waals surface area contributed by atoms with Crippen LogP contribution in [0.4, 0.5) is 0 Å². The van der Waals surface area contributed by atoms with Crippen LogP contribution in [0.3, 0.4) is 0 Å². The van der Waals surface area contributed by atoms with Crippen LogP contribution in [0.15, 0.2) is 42.5 Å². The maximum absolute atomic E-state index is 5.23. The van der Waals surface area contributed by atoms with E-state index < -0.39 is 0 Å². The lowest BCUT2D eigenvalue weighted by Gasteiger charge is -2.30. The number of allylic oxidation sites excluding steroid dienone is 1. The zero-order valence-electron chi connectivity index (χ0n) is 24.6. The molecule has 0 N–H and O–H groups in total. The Morgan fingerprint density at radius 3 is 1.62 bits per heavy atom. The third-order valence-corrected chi connectivity index (χ3v) is 8.60. The molecule has 4 heterocycles. The SMILES string of the molecule is CC(C)(C)c1ccc2nc3n(c2c1)c1nc2c(n1c1nc4ccc(C(C)(C)C)cc4n13)CC(C(C)(C)C)C=C2. The molecule has 0 radical (unpaired) electrons. The molecule has 1 aliphatic rings. The smallest absolute Gasteiger partial charge is 0.225 e. The fourth-order valence-corrected chi connectivity index (χ4v) is 5.98. The summed E-state index contributed by atoms with van der Waals surface area (Å²) in [7, 11) is 0. The molecule has 39 heavy (non-hydrogen) atoms. The van der Waals surface area contributed by atoms with Crippen molar-refractivity contribution in [3.8, 4) is 0 Å². The van der Waals surface area contributed by atoms with Crippen LogP contribution in [0.1, 0.15) is 84.8 Å². The second-order valence-corrected chi connectivity index (χ2v) is 14.5. The molecular weight excluding hydrogens is 480 g/mol. The second kappa shape index (κ2) is 7.50. The molecule has 0 saturated carbocycles. The van der Waals surface area contributed by atoms with Crippen LogP contribution in [-0.2, 0) is 17.3 Å². The van der Waals surface area contributed by atoms with Gasteiger partial charge in [0.1, 0.15) is 0 Å². The first-order chi connectivity index (χ1) is 18.2. The highest BCUT2D eigenvalue weighted by Gasteiger charge is 2.31. The maximum Gasteiger partial charge on any atom is 0.225 e. The van der Waals surface area contributed by atoms with Crippen molar-refractivity contribution in [1.29, 1.82) is 0 Å². The molecule has 1 aliphatic carbocycles. The number of hydrogen-bond donors (Lipinski definition) is 0. The molecule has 0 aliphatic heterocycles. The van der Waals surface area contributed by atoms with Gasteiger partial charge in [-0.3, -0.25) is 4.40 Å². The van der Waals surface area contributed by atoms with E-state index in [1.54, 1.807) is 0 Å². The van der Waals surface area contributed by atoms with Gasteiger partial charge in [0, 0.05) is 0 Å². The van der Waals surface area contributed by atoms with Gasteiger partial charge < -0.3 is 0 Å².